The van der Waals surface area contributed by atoms with E-state index in [1.54, 1.807) is 41.8 Å². The maximum atomic E-state index is 13.2. The highest BCUT2D eigenvalue weighted by atomic mass is 35.5. The van der Waals surface area contributed by atoms with E-state index >= 15 is 0 Å². The van der Waals surface area contributed by atoms with Gasteiger partial charge in [-0.3, -0.25) is 9.59 Å². The van der Waals surface area contributed by atoms with Crippen molar-refractivity contribution < 1.29 is 14.3 Å². The van der Waals surface area contributed by atoms with Gasteiger partial charge in [0.2, 0.25) is 5.78 Å². The number of nitrogens with two attached hydrogens (primary N) is 1. The summed E-state index contributed by atoms with van der Waals surface area (Å²) in [7, 11) is 1.60. The average Bonchev–Trinajstić information content (AvgIpc) is 3.12. The molecule has 0 unspecified atom stereocenters. The van der Waals surface area contributed by atoms with Crippen LogP contribution >= 0.6 is 11.6 Å². The van der Waals surface area contributed by atoms with E-state index in [9.17, 15) is 9.59 Å². The lowest BCUT2D eigenvalue weighted by Crippen LogP contribution is -2.13. The van der Waals surface area contributed by atoms with Gasteiger partial charge < -0.3 is 14.9 Å². The first-order valence-electron chi connectivity index (χ1n) is 8.69. The second kappa shape index (κ2) is 7.11. The number of benzene rings is 2. The minimum atomic E-state index is -0.222. The van der Waals surface area contributed by atoms with E-state index in [0.29, 0.717) is 33.1 Å². The molecule has 0 aliphatic carbocycles. The molecular formula is C22H17ClN2O3. The van der Waals surface area contributed by atoms with Crippen LogP contribution in [0.25, 0.3) is 16.4 Å². The van der Waals surface area contributed by atoms with Crippen molar-refractivity contribution in [1.29, 1.82) is 0 Å². The molecule has 2 heterocycles. The van der Waals surface area contributed by atoms with E-state index in [1.807, 2.05) is 30.3 Å². The van der Waals surface area contributed by atoms with Crippen molar-refractivity contribution in [3.8, 4) is 5.75 Å². The van der Waals surface area contributed by atoms with Gasteiger partial charge in [0.25, 0.3) is 0 Å². The lowest BCUT2D eigenvalue weighted by atomic mass is 10.1. The summed E-state index contributed by atoms with van der Waals surface area (Å²) in [6.07, 6.45) is 0. The maximum absolute atomic E-state index is 13.2. The number of carbonyl (C=O) groups excluding carboxylic acids is 2. The van der Waals surface area contributed by atoms with E-state index in [4.69, 9.17) is 22.1 Å². The average molecular weight is 393 g/mol. The standard InChI is InChI=1S/C22H17ClN2O3/c1-28-16-7-9-18-14(10-16)4-8-19-17(21(26)12-24)11-20(25(18)19)22(27)13-2-5-15(23)6-3-13/h2-11H,12,24H2,1H3. The van der Waals surface area contributed by atoms with Gasteiger partial charge in [0.05, 0.1) is 30.4 Å². The van der Waals surface area contributed by atoms with Crippen molar-refractivity contribution in [2.75, 3.05) is 13.7 Å². The van der Waals surface area contributed by atoms with Gasteiger partial charge in [-0.1, -0.05) is 17.7 Å². The van der Waals surface area contributed by atoms with E-state index < -0.39 is 0 Å². The number of carbonyl (C=O) groups is 2. The van der Waals surface area contributed by atoms with Gasteiger partial charge in [0, 0.05) is 21.5 Å². The molecule has 2 N–H and O–H groups in total. The van der Waals surface area contributed by atoms with E-state index in [-0.39, 0.29) is 18.1 Å². The molecule has 0 aliphatic rings. The number of Topliss-reactive ketones (excluding diaryl/α,β-unsaturated/α-hetero) is 1. The first kappa shape index (κ1) is 18.2. The number of hydrogen-bond acceptors (Lipinski definition) is 4. The summed E-state index contributed by atoms with van der Waals surface area (Å²) >= 11 is 5.94. The predicted octanol–water partition coefficient (Wildman–Crippen LogP) is 4.13. The van der Waals surface area contributed by atoms with Crippen LogP contribution in [0.4, 0.5) is 0 Å². The van der Waals surface area contributed by atoms with E-state index in [0.717, 1.165) is 10.9 Å². The molecular weight excluding hydrogens is 376 g/mol. The number of fused-ring (bicyclic) bond motifs is 3. The van der Waals surface area contributed by atoms with Crippen LogP contribution in [0.3, 0.4) is 0 Å². The third kappa shape index (κ3) is 2.95. The summed E-state index contributed by atoms with van der Waals surface area (Å²) in [5.41, 5.74) is 8.33. The molecule has 0 radical (unpaired) electrons. The SMILES string of the molecule is COc1ccc2c(ccc3c(C(=O)CN)cc(C(=O)c4ccc(Cl)cc4)n32)c1. The fraction of sp³-hybridized carbons (Fsp3) is 0.0909. The van der Waals surface area contributed by atoms with Crippen molar-refractivity contribution in [3.05, 3.63) is 82.5 Å². The fourth-order valence-corrected chi connectivity index (χ4v) is 3.49. The van der Waals surface area contributed by atoms with Crippen LogP contribution < -0.4 is 10.5 Å². The molecule has 0 saturated carbocycles. The minimum absolute atomic E-state index is 0.130. The Morgan fingerprint density at radius 1 is 1.00 bits per heavy atom. The minimum Gasteiger partial charge on any atom is -0.497 e. The summed E-state index contributed by atoms with van der Waals surface area (Å²) in [5.74, 6) is 0.286. The first-order valence-corrected chi connectivity index (χ1v) is 9.07. The monoisotopic (exact) mass is 392 g/mol. The van der Waals surface area contributed by atoms with Gasteiger partial charge in [-0.2, -0.15) is 0 Å². The second-order valence-corrected chi connectivity index (χ2v) is 6.82. The summed E-state index contributed by atoms with van der Waals surface area (Å²) in [6.45, 7) is -0.130. The lowest BCUT2D eigenvalue weighted by Gasteiger charge is -2.09. The second-order valence-electron chi connectivity index (χ2n) is 6.39. The van der Waals surface area contributed by atoms with Gasteiger partial charge in [-0.05, 0) is 54.6 Å². The fourth-order valence-electron chi connectivity index (χ4n) is 3.36. The topological polar surface area (TPSA) is 73.8 Å². The molecule has 0 bridgehead atoms. The zero-order valence-corrected chi connectivity index (χ0v) is 15.9. The van der Waals surface area contributed by atoms with Gasteiger partial charge in [-0.25, -0.2) is 0 Å². The largest absolute Gasteiger partial charge is 0.497 e. The first-order chi connectivity index (χ1) is 13.5. The molecule has 5 nitrogen and oxygen atoms in total. The Labute approximate surface area is 166 Å². The van der Waals surface area contributed by atoms with Crippen LogP contribution in [-0.4, -0.2) is 29.6 Å². The molecule has 2 aromatic carbocycles. The number of pyridine rings is 1. The molecule has 0 atom stereocenters. The highest BCUT2D eigenvalue weighted by molar-refractivity contribution is 6.30. The summed E-state index contributed by atoms with van der Waals surface area (Å²) in [6, 6.07) is 17.6. The van der Waals surface area contributed by atoms with Crippen LogP contribution in [0.2, 0.25) is 5.02 Å². The molecule has 4 rings (SSSR count). The molecule has 0 fully saturated rings. The quantitative estimate of drug-likeness (QED) is 0.518. The normalized spacial score (nSPS) is 11.1. The Kier molecular flexibility index (Phi) is 4.63. The highest BCUT2D eigenvalue weighted by Gasteiger charge is 2.21. The molecule has 0 spiro atoms. The lowest BCUT2D eigenvalue weighted by molar-refractivity contribution is 0.100. The molecule has 140 valence electrons. The van der Waals surface area contributed by atoms with Gasteiger partial charge in [0.15, 0.2) is 5.78 Å². The molecule has 0 aliphatic heterocycles. The third-order valence-corrected chi connectivity index (χ3v) is 5.01. The Morgan fingerprint density at radius 3 is 2.39 bits per heavy atom. The van der Waals surface area contributed by atoms with E-state index in [1.165, 1.54) is 0 Å². The van der Waals surface area contributed by atoms with Crippen LogP contribution in [0.15, 0.2) is 60.7 Å². The maximum Gasteiger partial charge on any atom is 0.209 e. The smallest absolute Gasteiger partial charge is 0.209 e. The number of aromatic nitrogens is 1. The Bertz CT molecular complexity index is 1230. The molecule has 2 aromatic heterocycles. The molecule has 0 amide bonds. The number of methoxy groups -OCH3 is 1. The number of halogens is 1. The molecule has 0 saturated heterocycles. The van der Waals surface area contributed by atoms with Gasteiger partial charge >= 0.3 is 0 Å². The van der Waals surface area contributed by atoms with Crippen LogP contribution in [0.1, 0.15) is 26.4 Å². The third-order valence-electron chi connectivity index (χ3n) is 4.76. The summed E-state index contributed by atoms with van der Waals surface area (Å²) in [5, 5.41) is 1.44. The number of nitrogens with zero attached hydrogens (tertiary/aromatic N) is 1. The number of rotatable bonds is 5. The summed E-state index contributed by atoms with van der Waals surface area (Å²) < 4.78 is 7.09. The molecule has 4 aromatic rings. The number of hydrogen-bond donors (Lipinski definition) is 1. The molecule has 28 heavy (non-hydrogen) atoms. The van der Waals surface area contributed by atoms with Crippen molar-refractivity contribution in [1.82, 2.24) is 4.40 Å². The van der Waals surface area contributed by atoms with Crippen molar-refractivity contribution >= 4 is 39.6 Å². The highest BCUT2D eigenvalue weighted by Crippen LogP contribution is 2.28. The van der Waals surface area contributed by atoms with Crippen molar-refractivity contribution in [2.45, 2.75) is 0 Å². The van der Waals surface area contributed by atoms with Gasteiger partial charge in [-0.15, -0.1) is 0 Å². The van der Waals surface area contributed by atoms with Crippen LogP contribution in [-0.2, 0) is 0 Å². The van der Waals surface area contributed by atoms with E-state index in [2.05, 4.69) is 0 Å². The zero-order valence-electron chi connectivity index (χ0n) is 15.1. The summed E-state index contributed by atoms with van der Waals surface area (Å²) in [4.78, 5) is 25.6. The Hall–Kier alpha value is -3.15. The number of ketones is 2. The molecule has 6 heteroatoms. The Morgan fingerprint density at radius 2 is 1.71 bits per heavy atom. The zero-order chi connectivity index (χ0) is 19.8. The van der Waals surface area contributed by atoms with Crippen LogP contribution in [0.5, 0.6) is 5.75 Å². The van der Waals surface area contributed by atoms with Crippen molar-refractivity contribution in [3.63, 3.8) is 0 Å². The van der Waals surface area contributed by atoms with Gasteiger partial charge in [0.1, 0.15) is 5.75 Å². The Balaban J connectivity index is 2.03. The van der Waals surface area contributed by atoms with Crippen molar-refractivity contribution in [2.24, 2.45) is 5.73 Å². The van der Waals surface area contributed by atoms with Crippen LogP contribution in [0, 0.1) is 0 Å². The number of ether oxygens (including phenoxy) is 1. The predicted molar refractivity (Wildman–Crippen MR) is 110 cm³/mol.